The first-order valence-corrected chi connectivity index (χ1v) is 4.72. The van der Waals surface area contributed by atoms with Crippen LogP contribution >= 0.6 is 0 Å². The van der Waals surface area contributed by atoms with Crippen LogP contribution in [0.3, 0.4) is 0 Å². The van der Waals surface area contributed by atoms with Crippen molar-refractivity contribution in [1.82, 2.24) is 5.32 Å². The lowest BCUT2D eigenvalue weighted by molar-refractivity contribution is -0.125. The quantitative estimate of drug-likeness (QED) is 0.820. The van der Waals surface area contributed by atoms with Crippen molar-refractivity contribution in [2.75, 3.05) is 6.54 Å². The lowest BCUT2D eigenvalue weighted by Crippen LogP contribution is -2.28. The van der Waals surface area contributed by atoms with Gasteiger partial charge >= 0.3 is 6.18 Å². The first-order valence-electron chi connectivity index (χ1n) is 4.72. The van der Waals surface area contributed by atoms with Crippen molar-refractivity contribution in [3.63, 3.8) is 0 Å². The van der Waals surface area contributed by atoms with Crippen molar-refractivity contribution in [3.8, 4) is 0 Å². The minimum Gasteiger partial charge on any atom is -0.305 e. The molecule has 1 nitrogen and oxygen atoms in total. The number of alkyl halides is 3. The molecule has 1 N–H and O–H groups in total. The second-order valence-corrected chi connectivity index (χ2v) is 3.64. The van der Waals surface area contributed by atoms with Crippen molar-refractivity contribution in [1.29, 1.82) is 0 Å². The van der Waals surface area contributed by atoms with Gasteiger partial charge in [-0.3, -0.25) is 0 Å². The highest BCUT2D eigenvalue weighted by atomic mass is 19.4. The number of halogens is 3. The summed E-state index contributed by atoms with van der Waals surface area (Å²) in [6.45, 7) is 3.23. The average molecular weight is 217 g/mol. The van der Waals surface area contributed by atoms with Gasteiger partial charge in [0.05, 0.1) is 6.54 Å². The van der Waals surface area contributed by atoms with Crippen LogP contribution in [0.5, 0.6) is 0 Å². The minimum atomic E-state index is -4.14. The molecule has 1 rings (SSSR count). The van der Waals surface area contributed by atoms with Crippen LogP contribution in [0.15, 0.2) is 18.2 Å². The molecular formula is C11H14F3N. The van der Waals surface area contributed by atoms with Crippen molar-refractivity contribution >= 4 is 0 Å². The molecule has 0 fully saturated rings. The van der Waals surface area contributed by atoms with Gasteiger partial charge in [-0.1, -0.05) is 18.2 Å². The summed E-state index contributed by atoms with van der Waals surface area (Å²) in [7, 11) is 0. The maximum absolute atomic E-state index is 11.8. The summed E-state index contributed by atoms with van der Waals surface area (Å²) in [6.07, 6.45) is -4.14. The van der Waals surface area contributed by atoms with Gasteiger partial charge in [-0.15, -0.1) is 0 Å². The van der Waals surface area contributed by atoms with Gasteiger partial charge < -0.3 is 5.32 Å². The molecule has 0 bridgehead atoms. The molecule has 0 radical (unpaired) electrons. The maximum Gasteiger partial charge on any atom is 0.401 e. The second kappa shape index (κ2) is 4.66. The second-order valence-electron chi connectivity index (χ2n) is 3.64. The summed E-state index contributed by atoms with van der Waals surface area (Å²) in [5.41, 5.74) is 3.12. The summed E-state index contributed by atoms with van der Waals surface area (Å²) < 4.78 is 35.5. The van der Waals surface area contributed by atoms with Crippen LogP contribution in [0.2, 0.25) is 0 Å². The molecule has 4 heteroatoms. The number of hydrogen-bond acceptors (Lipinski definition) is 1. The fourth-order valence-electron chi connectivity index (χ4n) is 1.26. The molecule has 1 aromatic rings. The summed E-state index contributed by atoms with van der Waals surface area (Å²) in [6, 6.07) is 5.66. The third kappa shape index (κ3) is 4.34. The zero-order valence-electron chi connectivity index (χ0n) is 8.78. The molecule has 0 aromatic heterocycles. The van der Waals surface area contributed by atoms with Crippen LogP contribution < -0.4 is 5.32 Å². The normalized spacial score (nSPS) is 11.8. The number of nitrogens with one attached hydrogen (secondary N) is 1. The predicted octanol–water partition coefficient (Wildman–Crippen LogP) is 2.96. The zero-order valence-corrected chi connectivity index (χ0v) is 8.78. The summed E-state index contributed by atoms with van der Waals surface area (Å²) in [5.74, 6) is 0. The Bertz CT molecular complexity index is 331. The Kier molecular flexibility index (Phi) is 3.74. The van der Waals surface area contributed by atoms with Crippen molar-refractivity contribution in [2.24, 2.45) is 0 Å². The Morgan fingerprint density at radius 3 is 2.33 bits per heavy atom. The molecule has 0 saturated heterocycles. The monoisotopic (exact) mass is 217 g/mol. The van der Waals surface area contributed by atoms with Crippen LogP contribution in [0.1, 0.15) is 16.7 Å². The number of benzene rings is 1. The average Bonchev–Trinajstić information content (AvgIpc) is 2.09. The van der Waals surface area contributed by atoms with Crippen molar-refractivity contribution < 1.29 is 13.2 Å². The molecule has 0 atom stereocenters. The fraction of sp³-hybridized carbons (Fsp3) is 0.455. The van der Waals surface area contributed by atoms with Gasteiger partial charge in [-0.2, -0.15) is 13.2 Å². The Morgan fingerprint density at radius 1 is 1.13 bits per heavy atom. The Hall–Kier alpha value is -1.03. The molecule has 0 aliphatic carbocycles. The van der Waals surface area contributed by atoms with Gasteiger partial charge in [-0.05, 0) is 30.5 Å². The Balaban J connectivity index is 2.48. The first kappa shape index (κ1) is 12.0. The minimum absolute atomic E-state index is 0.251. The van der Waals surface area contributed by atoms with E-state index in [1.165, 1.54) is 0 Å². The SMILES string of the molecule is Cc1ccc(CNCC(F)(F)F)cc1C. The molecule has 0 aliphatic heterocycles. The largest absolute Gasteiger partial charge is 0.401 e. The predicted molar refractivity (Wildman–Crippen MR) is 53.7 cm³/mol. The van der Waals surface area contributed by atoms with E-state index in [0.29, 0.717) is 0 Å². The van der Waals surface area contributed by atoms with Gasteiger partial charge in [0.25, 0.3) is 0 Å². The molecule has 84 valence electrons. The topological polar surface area (TPSA) is 12.0 Å². The van der Waals surface area contributed by atoms with E-state index in [9.17, 15) is 13.2 Å². The van der Waals surface area contributed by atoms with Crippen LogP contribution in [0, 0.1) is 13.8 Å². The summed E-state index contributed by atoms with van der Waals surface area (Å²) >= 11 is 0. The van der Waals surface area contributed by atoms with Crippen LogP contribution in [-0.4, -0.2) is 12.7 Å². The third-order valence-electron chi connectivity index (χ3n) is 2.23. The molecular weight excluding hydrogens is 203 g/mol. The highest BCUT2D eigenvalue weighted by Crippen LogP contribution is 2.13. The van der Waals surface area contributed by atoms with Gasteiger partial charge in [0.1, 0.15) is 0 Å². The van der Waals surface area contributed by atoms with Gasteiger partial charge in [0.15, 0.2) is 0 Å². The van der Waals surface area contributed by atoms with E-state index in [-0.39, 0.29) is 6.54 Å². The lowest BCUT2D eigenvalue weighted by Gasteiger charge is -2.09. The highest BCUT2D eigenvalue weighted by molar-refractivity contribution is 5.29. The molecule has 0 aliphatic rings. The van der Waals surface area contributed by atoms with E-state index in [1.54, 1.807) is 0 Å². The lowest BCUT2D eigenvalue weighted by atomic mass is 10.1. The highest BCUT2D eigenvalue weighted by Gasteiger charge is 2.25. The first-order chi connectivity index (χ1) is 6.88. The van der Waals surface area contributed by atoms with E-state index >= 15 is 0 Å². The van der Waals surface area contributed by atoms with Gasteiger partial charge in [0.2, 0.25) is 0 Å². The van der Waals surface area contributed by atoms with E-state index in [4.69, 9.17) is 0 Å². The summed E-state index contributed by atoms with van der Waals surface area (Å²) in [5, 5.41) is 2.36. The van der Waals surface area contributed by atoms with Crippen molar-refractivity contribution in [3.05, 3.63) is 34.9 Å². The fourth-order valence-corrected chi connectivity index (χ4v) is 1.26. The third-order valence-corrected chi connectivity index (χ3v) is 2.23. The molecule has 0 unspecified atom stereocenters. The Labute approximate surface area is 87.3 Å². The van der Waals surface area contributed by atoms with Gasteiger partial charge in [-0.25, -0.2) is 0 Å². The van der Waals surface area contributed by atoms with Crippen LogP contribution in [0.4, 0.5) is 13.2 Å². The number of rotatable bonds is 3. The Morgan fingerprint density at radius 2 is 1.80 bits per heavy atom. The van der Waals surface area contributed by atoms with Gasteiger partial charge in [0, 0.05) is 6.54 Å². The number of aryl methyl sites for hydroxylation is 2. The molecule has 1 aromatic carbocycles. The maximum atomic E-state index is 11.8. The summed E-state index contributed by atoms with van der Waals surface area (Å²) in [4.78, 5) is 0. The number of hydrogen-bond donors (Lipinski definition) is 1. The van der Waals surface area contributed by atoms with E-state index < -0.39 is 12.7 Å². The van der Waals surface area contributed by atoms with Crippen LogP contribution in [0.25, 0.3) is 0 Å². The molecule has 0 saturated carbocycles. The molecule has 0 heterocycles. The van der Waals surface area contributed by atoms with E-state index in [1.807, 2.05) is 32.0 Å². The molecule has 0 amide bonds. The van der Waals surface area contributed by atoms with Crippen LogP contribution in [-0.2, 0) is 6.54 Å². The van der Waals surface area contributed by atoms with Crippen molar-refractivity contribution in [2.45, 2.75) is 26.6 Å². The van der Waals surface area contributed by atoms with E-state index in [2.05, 4.69) is 5.32 Å². The standard InChI is InChI=1S/C11H14F3N/c1-8-3-4-10(5-9(8)2)6-15-7-11(12,13)14/h3-5,15H,6-7H2,1-2H3. The molecule has 15 heavy (non-hydrogen) atoms. The molecule has 0 spiro atoms. The smallest absolute Gasteiger partial charge is 0.305 e. The zero-order chi connectivity index (χ0) is 11.5. The van der Waals surface area contributed by atoms with E-state index in [0.717, 1.165) is 16.7 Å².